The SMILES string of the molecule is Cc1ccc([N+](=O)[O-])cc1-c1nc(C(C)N)no1. The Kier molecular flexibility index (Phi) is 3.07. The number of benzene rings is 1. The van der Waals surface area contributed by atoms with Gasteiger partial charge in [-0.05, 0) is 19.4 Å². The summed E-state index contributed by atoms with van der Waals surface area (Å²) in [7, 11) is 0. The number of nitro groups is 1. The lowest BCUT2D eigenvalue weighted by Gasteiger charge is -2.00. The molecule has 0 saturated heterocycles. The molecule has 1 heterocycles. The number of rotatable bonds is 3. The van der Waals surface area contributed by atoms with Crippen LogP contribution >= 0.6 is 0 Å². The Morgan fingerprint density at radius 2 is 2.22 bits per heavy atom. The van der Waals surface area contributed by atoms with E-state index in [0.29, 0.717) is 11.4 Å². The molecule has 7 nitrogen and oxygen atoms in total. The highest BCUT2D eigenvalue weighted by atomic mass is 16.6. The summed E-state index contributed by atoms with van der Waals surface area (Å²) in [6, 6.07) is 4.14. The summed E-state index contributed by atoms with van der Waals surface area (Å²) < 4.78 is 5.06. The molecule has 2 rings (SSSR count). The molecule has 0 amide bonds. The van der Waals surface area contributed by atoms with Crippen molar-refractivity contribution in [3.05, 3.63) is 39.7 Å². The second-order valence-electron chi connectivity index (χ2n) is 4.00. The van der Waals surface area contributed by atoms with Crippen molar-refractivity contribution in [2.75, 3.05) is 0 Å². The number of hydrogen-bond donors (Lipinski definition) is 1. The maximum Gasteiger partial charge on any atom is 0.270 e. The van der Waals surface area contributed by atoms with E-state index in [-0.39, 0.29) is 17.6 Å². The van der Waals surface area contributed by atoms with E-state index in [1.54, 1.807) is 13.0 Å². The van der Waals surface area contributed by atoms with Crippen molar-refractivity contribution in [1.82, 2.24) is 10.1 Å². The Balaban J connectivity index is 2.48. The van der Waals surface area contributed by atoms with Crippen LogP contribution in [0.25, 0.3) is 11.5 Å². The number of non-ortho nitro benzene ring substituents is 1. The molecule has 1 unspecified atom stereocenters. The highest BCUT2D eigenvalue weighted by molar-refractivity contribution is 5.62. The lowest BCUT2D eigenvalue weighted by Crippen LogP contribution is -2.06. The first-order valence-electron chi connectivity index (χ1n) is 5.33. The van der Waals surface area contributed by atoms with Crippen molar-refractivity contribution in [1.29, 1.82) is 0 Å². The van der Waals surface area contributed by atoms with Crippen LogP contribution in [-0.2, 0) is 0 Å². The minimum atomic E-state index is -0.466. The average Bonchev–Trinajstić information content (AvgIpc) is 2.78. The van der Waals surface area contributed by atoms with Crippen molar-refractivity contribution < 1.29 is 9.45 Å². The Labute approximate surface area is 103 Å². The zero-order valence-corrected chi connectivity index (χ0v) is 9.95. The molecule has 1 aromatic carbocycles. The molecule has 1 aromatic heterocycles. The van der Waals surface area contributed by atoms with Gasteiger partial charge in [0.1, 0.15) is 0 Å². The third-order valence-corrected chi connectivity index (χ3v) is 2.51. The molecule has 0 bridgehead atoms. The number of aryl methyl sites for hydroxylation is 1. The van der Waals surface area contributed by atoms with E-state index in [2.05, 4.69) is 10.1 Å². The van der Waals surface area contributed by atoms with Crippen LogP contribution < -0.4 is 5.73 Å². The van der Waals surface area contributed by atoms with Crippen LogP contribution in [0.15, 0.2) is 22.7 Å². The first-order chi connectivity index (χ1) is 8.49. The molecule has 0 fully saturated rings. The van der Waals surface area contributed by atoms with Crippen molar-refractivity contribution in [2.24, 2.45) is 5.73 Å². The average molecular weight is 248 g/mol. The molecular formula is C11H12N4O3. The number of hydrogen-bond acceptors (Lipinski definition) is 6. The maximum absolute atomic E-state index is 10.7. The largest absolute Gasteiger partial charge is 0.334 e. The molecule has 0 aliphatic heterocycles. The van der Waals surface area contributed by atoms with E-state index in [1.807, 2.05) is 6.92 Å². The van der Waals surface area contributed by atoms with Gasteiger partial charge in [-0.3, -0.25) is 10.1 Å². The zero-order valence-electron chi connectivity index (χ0n) is 9.95. The van der Waals surface area contributed by atoms with Gasteiger partial charge in [0.25, 0.3) is 11.6 Å². The molecule has 0 radical (unpaired) electrons. The van der Waals surface area contributed by atoms with Crippen molar-refractivity contribution in [2.45, 2.75) is 19.9 Å². The van der Waals surface area contributed by atoms with Crippen LogP contribution in [0.5, 0.6) is 0 Å². The van der Waals surface area contributed by atoms with E-state index in [0.717, 1.165) is 5.56 Å². The fourth-order valence-electron chi connectivity index (χ4n) is 1.48. The van der Waals surface area contributed by atoms with Gasteiger partial charge in [0, 0.05) is 17.7 Å². The van der Waals surface area contributed by atoms with Gasteiger partial charge in [0.2, 0.25) is 0 Å². The van der Waals surface area contributed by atoms with E-state index in [9.17, 15) is 10.1 Å². The monoisotopic (exact) mass is 248 g/mol. The fourth-order valence-corrected chi connectivity index (χ4v) is 1.48. The summed E-state index contributed by atoms with van der Waals surface area (Å²) in [6.45, 7) is 3.55. The molecule has 2 N–H and O–H groups in total. The second kappa shape index (κ2) is 4.53. The molecule has 0 spiro atoms. The molecule has 0 aliphatic rings. The number of aromatic nitrogens is 2. The van der Waals surface area contributed by atoms with Crippen molar-refractivity contribution in [3.8, 4) is 11.5 Å². The van der Waals surface area contributed by atoms with Gasteiger partial charge in [-0.2, -0.15) is 4.98 Å². The van der Waals surface area contributed by atoms with Gasteiger partial charge >= 0.3 is 0 Å². The standard InChI is InChI=1S/C11H12N4O3/c1-6-3-4-8(15(16)17)5-9(6)11-13-10(7(2)12)14-18-11/h3-5,7H,12H2,1-2H3. The van der Waals surface area contributed by atoms with Crippen LogP contribution in [0, 0.1) is 17.0 Å². The molecule has 18 heavy (non-hydrogen) atoms. The first kappa shape index (κ1) is 12.2. The molecule has 94 valence electrons. The maximum atomic E-state index is 10.7. The smallest absolute Gasteiger partial charge is 0.270 e. The molecule has 7 heteroatoms. The zero-order chi connectivity index (χ0) is 13.3. The third-order valence-electron chi connectivity index (χ3n) is 2.51. The molecule has 2 aromatic rings. The normalized spacial score (nSPS) is 12.4. The second-order valence-corrected chi connectivity index (χ2v) is 4.00. The van der Waals surface area contributed by atoms with E-state index in [4.69, 9.17) is 10.3 Å². The molecule has 0 saturated carbocycles. The predicted octanol–water partition coefficient (Wildman–Crippen LogP) is 1.97. The summed E-state index contributed by atoms with van der Waals surface area (Å²) in [5, 5.41) is 14.5. The van der Waals surface area contributed by atoms with Gasteiger partial charge < -0.3 is 10.3 Å². The van der Waals surface area contributed by atoms with E-state index < -0.39 is 4.92 Å². The van der Waals surface area contributed by atoms with Crippen LogP contribution in [0.2, 0.25) is 0 Å². The number of nitro benzene ring substituents is 1. The van der Waals surface area contributed by atoms with Gasteiger partial charge in [-0.1, -0.05) is 11.2 Å². The van der Waals surface area contributed by atoms with Crippen LogP contribution in [-0.4, -0.2) is 15.1 Å². The first-order valence-corrected chi connectivity index (χ1v) is 5.33. The molecule has 0 aliphatic carbocycles. The number of nitrogens with zero attached hydrogens (tertiary/aromatic N) is 3. The van der Waals surface area contributed by atoms with Crippen LogP contribution in [0.4, 0.5) is 5.69 Å². The minimum absolute atomic E-state index is 0.0175. The Bertz CT molecular complexity index is 592. The Morgan fingerprint density at radius 1 is 1.50 bits per heavy atom. The van der Waals surface area contributed by atoms with Crippen molar-refractivity contribution >= 4 is 5.69 Å². The summed E-state index contributed by atoms with van der Waals surface area (Å²) in [5.41, 5.74) is 6.98. The minimum Gasteiger partial charge on any atom is -0.334 e. The predicted molar refractivity (Wildman–Crippen MR) is 63.7 cm³/mol. The summed E-state index contributed by atoms with van der Waals surface area (Å²) in [5.74, 6) is 0.611. The Morgan fingerprint density at radius 3 is 2.78 bits per heavy atom. The quantitative estimate of drug-likeness (QED) is 0.657. The molecule has 1 atom stereocenters. The van der Waals surface area contributed by atoms with Crippen molar-refractivity contribution in [3.63, 3.8) is 0 Å². The van der Waals surface area contributed by atoms with Gasteiger partial charge in [-0.25, -0.2) is 0 Å². The third kappa shape index (κ3) is 2.21. The lowest BCUT2D eigenvalue weighted by atomic mass is 10.1. The van der Waals surface area contributed by atoms with Gasteiger partial charge in [0.15, 0.2) is 5.82 Å². The summed E-state index contributed by atoms with van der Waals surface area (Å²) in [4.78, 5) is 14.4. The van der Waals surface area contributed by atoms with Crippen LogP contribution in [0.1, 0.15) is 24.4 Å². The van der Waals surface area contributed by atoms with E-state index in [1.165, 1.54) is 12.1 Å². The highest BCUT2D eigenvalue weighted by Gasteiger charge is 2.16. The fraction of sp³-hybridized carbons (Fsp3) is 0.273. The van der Waals surface area contributed by atoms with Crippen LogP contribution in [0.3, 0.4) is 0 Å². The summed E-state index contributed by atoms with van der Waals surface area (Å²) in [6.07, 6.45) is 0. The topological polar surface area (TPSA) is 108 Å². The summed E-state index contributed by atoms with van der Waals surface area (Å²) >= 11 is 0. The lowest BCUT2D eigenvalue weighted by molar-refractivity contribution is -0.384. The Hall–Kier alpha value is -2.28. The highest BCUT2D eigenvalue weighted by Crippen LogP contribution is 2.26. The van der Waals surface area contributed by atoms with Gasteiger partial charge in [-0.15, -0.1) is 0 Å². The number of nitrogens with two attached hydrogens (primary N) is 1. The van der Waals surface area contributed by atoms with E-state index >= 15 is 0 Å². The molecular weight excluding hydrogens is 236 g/mol. The van der Waals surface area contributed by atoms with Gasteiger partial charge in [0.05, 0.1) is 11.0 Å².